The Hall–Kier alpha value is -4.62. The average molecular weight is 514 g/mol. The molecule has 0 amide bonds. The smallest absolute Gasteiger partial charge is 0.180 e. The third kappa shape index (κ3) is 5.94. The van der Waals surface area contributed by atoms with Gasteiger partial charge in [0.1, 0.15) is 11.5 Å². The number of rotatable bonds is 7. The minimum absolute atomic E-state index is 0.575. The first-order chi connectivity index (χ1) is 19.2. The second-order valence-electron chi connectivity index (χ2n) is 9.82. The number of anilines is 2. The van der Waals surface area contributed by atoms with E-state index in [0.29, 0.717) is 12.4 Å². The number of likely N-dealkylation sites (N-methyl/N-ethyl adjacent to an activating group) is 1. The highest BCUT2D eigenvalue weighted by molar-refractivity contribution is 5.73. The van der Waals surface area contributed by atoms with Crippen LogP contribution in [0.3, 0.4) is 0 Å². The molecule has 7 nitrogen and oxygen atoms in total. The third-order valence-electron chi connectivity index (χ3n) is 7.04. The largest absolute Gasteiger partial charge is 0.369 e. The van der Waals surface area contributed by atoms with Crippen LogP contribution in [0.1, 0.15) is 5.56 Å². The van der Waals surface area contributed by atoms with Crippen molar-refractivity contribution >= 4 is 11.5 Å². The number of nitrogens with one attached hydrogen (secondary N) is 1. The maximum atomic E-state index is 4.88. The third-order valence-corrected chi connectivity index (χ3v) is 7.04. The minimum Gasteiger partial charge on any atom is -0.369 e. The van der Waals surface area contributed by atoms with Gasteiger partial charge in [0.2, 0.25) is 0 Å². The molecule has 194 valence electrons. The number of pyridine rings is 2. The van der Waals surface area contributed by atoms with Crippen molar-refractivity contribution in [3.63, 3.8) is 0 Å². The molecule has 2 aromatic carbocycles. The van der Waals surface area contributed by atoms with Crippen LogP contribution in [0, 0.1) is 0 Å². The van der Waals surface area contributed by atoms with Crippen LogP contribution in [-0.4, -0.2) is 58.1 Å². The van der Waals surface area contributed by atoms with Crippen LogP contribution in [0.15, 0.2) is 104 Å². The Labute approximate surface area is 229 Å². The second-order valence-corrected chi connectivity index (χ2v) is 9.82. The lowest BCUT2D eigenvalue weighted by Gasteiger charge is -2.34. The Morgan fingerprint density at radius 3 is 2.26 bits per heavy atom. The van der Waals surface area contributed by atoms with Gasteiger partial charge in [-0.2, -0.15) is 0 Å². The van der Waals surface area contributed by atoms with Crippen LogP contribution >= 0.6 is 0 Å². The summed E-state index contributed by atoms with van der Waals surface area (Å²) in [5.74, 6) is 1.32. The molecule has 7 heteroatoms. The van der Waals surface area contributed by atoms with Crippen molar-refractivity contribution in [2.45, 2.75) is 6.54 Å². The number of nitrogens with zero attached hydrogens (tertiary/aromatic N) is 6. The zero-order chi connectivity index (χ0) is 26.4. The van der Waals surface area contributed by atoms with E-state index in [0.717, 1.165) is 60.1 Å². The van der Waals surface area contributed by atoms with Gasteiger partial charge < -0.3 is 15.1 Å². The summed E-state index contributed by atoms with van der Waals surface area (Å²) in [7, 11) is 2.18. The fourth-order valence-corrected chi connectivity index (χ4v) is 4.75. The van der Waals surface area contributed by atoms with Crippen LogP contribution in [0.4, 0.5) is 11.5 Å². The van der Waals surface area contributed by atoms with E-state index >= 15 is 0 Å². The first kappa shape index (κ1) is 24.7. The highest BCUT2D eigenvalue weighted by Crippen LogP contribution is 2.29. The molecule has 6 rings (SSSR count). The molecule has 1 fully saturated rings. The average Bonchev–Trinajstić information content (AvgIpc) is 3.01. The first-order valence-electron chi connectivity index (χ1n) is 13.3. The first-order valence-corrected chi connectivity index (χ1v) is 13.3. The fraction of sp³-hybridized carbons (Fsp3) is 0.188. The van der Waals surface area contributed by atoms with E-state index in [1.165, 1.54) is 11.3 Å². The molecule has 1 aliphatic heterocycles. The molecular formula is C32H31N7. The molecule has 0 bridgehead atoms. The van der Waals surface area contributed by atoms with Crippen LogP contribution < -0.4 is 10.2 Å². The Kier molecular flexibility index (Phi) is 7.23. The van der Waals surface area contributed by atoms with Gasteiger partial charge in [-0.3, -0.25) is 9.97 Å². The molecular weight excluding hydrogens is 482 g/mol. The van der Waals surface area contributed by atoms with E-state index in [4.69, 9.17) is 9.97 Å². The minimum atomic E-state index is 0.575. The molecule has 1 saturated heterocycles. The van der Waals surface area contributed by atoms with Crippen molar-refractivity contribution in [1.82, 2.24) is 24.8 Å². The van der Waals surface area contributed by atoms with Gasteiger partial charge in [-0.25, -0.2) is 9.97 Å². The Bertz CT molecular complexity index is 1510. The van der Waals surface area contributed by atoms with Crippen LogP contribution in [0.25, 0.3) is 33.9 Å². The van der Waals surface area contributed by atoms with E-state index in [1.807, 2.05) is 54.9 Å². The van der Waals surface area contributed by atoms with Crippen molar-refractivity contribution in [2.24, 2.45) is 0 Å². The van der Waals surface area contributed by atoms with Gasteiger partial charge in [0.25, 0.3) is 0 Å². The molecule has 0 aliphatic carbocycles. The SMILES string of the molecule is CN1CCN(c2ccc(-c3cncc(-c4cc(NCc5ccccc5)nc(-c5ccccn5)n4)c3)cc2)CC1. The predicted octanol–water partition coefficient (Wildman–Crippen LogP) is 5.63. The highest BCUT2D eigenvalue weighted by atomic mass is 15.2. The number of benzene rings is 2. The Morgan fingerprint density at radius 1 is 0.718 bits per heavy atom. The summed E-state index contributed by atoms with van der Waals surface area (Å²) in [5, 5.41) is 3.46. The molecule has 4 heterocycles. The maximum Gasteiger partial charge on any atom is 0.180 e. The topological polar surface area (TPSA) is 70.1 Å². The summed E-state index contributed by atoms with van der Waals surface area (Å²) < 4.78 is 0. The molecule has 0 atom stereocenters. The molecule has 0 unspecified atom stereocenters. The van der Waals surface area contributed by atoms with Crippen molar-refractivity contribution in [3.05, 3.63) is 109 Å². The highest BCUT2D eigenvalue weighted by Gasteiger charge is 2.15. The van der Waals surface area contributed by atoms with Crippen molar-refractivity contribution in [2.75, 3.05) is 43.4 Å². The fourth-order valence-electron chi connectivity index (χ4n) is 4.75. The van der Waals surface area contributed by atoms with E-state index in [9.17, 15) is 0 Å². The number of piperazine rings is 1. The Morgan fingerprint density at radius 2 is 1.49 bits per heavy atom. The monoisotopic (exact) mass is 513 g/mol. The van der Waals surface area contributed by atoms with Gasteiger partial charge in [-0.15, -0.1) is 0 Å². The summed E-state index contributed by atoms with van der Waals surface area (Å²) >= 11 is 0. The van der Waals surface area contributed by atoms with E-state index in [1.54, 1.807) is 6.20 Å². The number of hydrogen-bond acceptors (Lipinski definition) is 7. The second kappa shape index (κ2) is 11.4. The molecule has 5 aromatic rings. The molecule has 0 radical (unpaired) electrons. The van der Waals surface area contributed by atoms with Crippen LogP contribution in [-0.2, 0) is 6.54 Å². The summed E-state index contributed by atoms with van der Waals surface area (Å²) in [6.07, 6.45) is 5.52. The van der Waals surface area contributed by atoms with Gasteiger partial charge in [0, 0.05) is 74.2 Å². The summed E-state index contributed by atoms with van der Waals surface area (Å²) in [6.45, 7) is 4.96. The molecule has 0 saturated carbocycles. The van der Waals surface area contributed by atoms with Crippen molar-refractivity contribution in [3.8, 4) is 33.9 Å². The van der Waals surface area contributed by atoms with Crippen LogP contribution in [0.2, 0.25) is 0 Å². The molecule has 3 aromatic heterocycles. The summed E-state index contributed by atoms with van der Waals surface area (Å²) in [4.78, 5) is 23.5. The maximum absolute atomic E-state index is 4.88. The van der Waals surface area contributed by atoms with Gasteiger partial charge >= 0.3 is 0 Å². The standard InChI is InChI=1S/C32H31N7/c1-38-15-17-39(18-16-38)28-12-10-25(11-13-28)26-19-27(23-33-22-26)30-20-31(35-21-24-7-3-2-4-8-24)37-32(36-30)29-9-5-6-14-34-29/h2-14,19-20,22-23H,15-18,21H2,1H3,(H,35,36,37). The summed E-state index contributed by atoms with van der Waals surface area (Å²) in [6, 6.07) is 29.0. The predicted molar refractivity (Wildman–Crippen MR) is 157 cm³/mol. The normalized spacial score (nSPS) is 13.8. The van der Waals surface area contributed by atoms with E-state index in [-0.39, 0.29) is 0 Å². The number of hydrogen-bond donors (Lipinski definition) is 1. The zero-order valence-electron chi connectivity index (χ0n) is 22.0. The Balaban J connectivity index is 1.29. The van der Waals surface area contributed by atoms with Gasteiger partial charge in [0.15, 0.2) is 5.82 Å². The van der Waals surface area contributed by atoms with Crippen LogP contribution in [0.5, 0.6) is 0 Å². The van der Waals surface area contributed by atoms with Gasteiger partial charge in [0.05, 0.1) is 5.69 Å². The summed E-state index contributed by atoms with van der Waals surface area (Å²) in [5.41, 5.74) is 7.08. The van der Waals surface area contributed by atoms with Crippen molar-refractivity contribution in [1.29, 1.82) is 0 Å². The molecule has 1 N–H and O–H groups in total. The zero-order valence-corrected chi connectivity index (χ0v) is 22.0. The van der Waals surface area contributed by atoms with Gasteiger partial charge in [-0.05, 0) is 48.5 Å². The quantitative estimate of drug-likeness (QED) is 0.302. The number of aromatic nitrogens is 4. The molecule has 39 heavy (non-hydrogen) atoms. The molecule has 1 aliphatic rings. The lowest BCUT2D eigenvalue weighted by Crippen LogP contribution is -2.44. The van der Waals surface area contributed by atoms with E-state index < -0.39 is 0 Å². The lowest BCUT2D eigenvalue weighted by molar-refractivity contribution is 0.313. The van der Waals surface area contributed by atoms with Gasteiger partial charge in [-0.1, -0.05) is 48.5 Å². The lowest BCUT2D eigenvalue weighted by atomic mass is 10.0. The molecule has 0 spiro atoms. The van der Waals surface area contributed by atoms with E-state index in [2.05, 4.69) is 74.6 Å². The van der Waals surface area contributed by atoms with Crippen molar-refractivity contribution < 1.29 is 0 Å².